The van der Waals surface area contributed by atoms with Gasteiger partial charge in [0.2, 0.25) is 5.95 Å². The maximum Gasteiger partial charge on any atom is 0.228 e. The lowest BCUT2D eigenvalue weighted by Gasteiger charge is -2.01. The Balaban J connectivity index is 1.75. The number of anilines is 2. The fraction of sp³-hybridized carbons (Fsp3) is 0.364. The molecule has 6 nitrogen and oxygen atoms in total. The average molecular weight is 230 g/mol. The molecule has 0 bridgehead atoms. The van der Waals surface area contributed by atoms with Crippen LogP contribution < -0.4 is 11.1 Å². The van der Waals surface area contributed by atoms with Gasteiger partial charge in [0.1, 0.15) is 0 Å². The summed E-state index contributed by atoms with van der Waals surface area (Å²) in [5.74, 6) is 1.94. The molecule has 2 aromatic rings. The first-order chi connectivity index (χ1) is 8.35. The van der Waals surface area contributed by atoms with Crippen LogP contribution in [0.4, 0.5) is 11.8 Å². The molecule has 2 heterocycles. The minimum atomic E-state index is 0.408. The summed E-state index contributed by atoms with van der Waals surface area (Å²) in [5.41, 5.74) is 7.51. The molecule has 0 spiro atoms. The Morgan fingerprint density at radius 2 is 2.35 bits per heavy atom. The van der Waals surface area contributed by atoms with E-state index in [-0.39, 0.29) is 0 Å². The zero-order valence-electron chi connectivity index (χ0n) is 9.35. The number of hydrogen-bond donors (Lipinski definition) is 3. The van der Waals surface area contributed by atoms with Crippen molar-refractivity contribution in [2.24, 2.45) is 5.73 Å². The van der Waals surface area contributed by atoms with Gasteiger partial charge in [0.25, 0.3) is 0 Å². The molecule has 1 aliphatic carbocycles. The van der Waals surface area contributed by atoms with E-state index in [9.17, 15) is 0 Å². The Bertz CT molecular complexity index is 516. The van der Waals surface area contributed by atoms with E-state index in [1.54, 1.807) is 12.3 Å². The van der Waals surface area contributed by atoms with Gasteiger partial charge in [-0.2, -0.15) is 5.10 Å². The average Bonchev–Trinajstić information content (AvgIpc) is 3.11. The zero-order chi connectivity index (χ0) is 11.7. The molecule has 4 N–H and O–H groups in total. The van der Waals surface area contributed by atoms with Gasteiger partial charge in [-0.25, -0.2) is 9.97 Å². The van der Waals surface area contributed by atoms with Crippen LogP contribution in [0.1, 0.15) is 30.1 Å². The summed E-state index contributed by atoms with van der Waals surface area (Å²) in [6.07, 6.45) is 4.19. The van der Waals surface area contributed by atoms with E-state index in [1.165, 1.54) is 18.5 Å². The lowest BCUT2D eigenvalue weighted by molar-refractivity contribution is 0.956. The minimum absolute atomic E-state index is 0.408. The molecule has 0 amide bonds. The van der Waals surface area contributed by atoms with Crippen LogP contribution in [0.25, 0.3) is 0 Å². The lowest BCUT2D eigenvalue weighted by Crippen LogP contribution is -2.03. The highest BCUT2D eigenvalue weighted by Crippen LogP contribution is 2.39. The largest absolute Gasteiger partial charge is 0.325 e. The summed E-state index contributed by atoms with van der Waals surface area (Å²) in [6, 6.07) is 3.81. The molecule has 17 heavy (non-hydrogen) atoms. The minimum Gasteiger partial charge on any atom is -0.325 e. The molecule has 3 rings (SSSR count). The normalized spacial score (nSPS) is 14.9. The van der Waals surface area contributed by atoms with Crippen LogP contribution in [-0.2, 0) is 6.54 Å². The molecule has 0 unspecified atom stereocenters. The van der Waals surface area contributed by atoms with Gasteiger partial charge in [0.15, 0.2) is 5.82 Å². The van der Waals surface area contributed by atoms with Gasteiger partial charge in [-0.05, 0) is 18.9 Å². The molecule has 88 valence electrons. The smallest absolute Gasteiger partial charge is 0.228 e. The molecule has 0 saturated heterocycles. The van der Waals surface area contributed by atoms with E-state index in [0.29, 0.717) is 18.4 Å². The number of nitrogens with two attached hydrogens (primary N) is 1. The highest BCUT2D eigenvalue weighted by Gasteiger charge is 2.25. The maximum atomic E-state index is 5.52. The number of H-pyrrole nitrogens is 1. The van der Waals surface area contributed by atoms with Crippen LogP contribution in [0, 0.1) is 0 Å². The second-order valence-corrected chi connectivity index (χ2v) is 4.18. The van der Waals surface area contributed by atoms with Crippen molar-refractivity contribution in [3.8, 4) is 0 Å². The zero-order valence-corrected chi connectivity index (χ0v) is 9.35. The summed E-state index contributed by atoms with van der Waals surface area (Å²) in [7, 11) is 0. The van der Waals surface area contributed by atoms with Gasteiger partial charge < -0.3 is 11.1 Å². The number of nitrogens with zero attached hydrogens (tertiary/aromatic N) is 3. The first kappa shape index (κ1) is 10.2. The molecule has 1 saturated carbocycles. The van der Waals surface area contributed by atoms with E-state index in [0.717, 1.165) is 11.5 Å². The standard InChI is InChI=1S/C11H14N6/c12-6-8-3-4-13-11(14-8)15-10-5-9(16-17-10)7-1-2-7/h3-5,7H,1-2,6,12H2,(H2,13,14,15,16,17). The first-order valence-electron chi connectivity index (χ1n) is 5.69. The monoisotopic (exact) mass is 230 g/mol. The molecule has 6 heteroatoms. The molecule has 1 fully saturated rings. The third-order valence-corrected chi connectivity index (χ3v) is 2.78. The lowest BCUT2D eigenvalue weighted by atomic mass is 10.3. The molecule has 0 radical (unpaired) electrons. The Labute approximate surface area is 98.7 Å². The van der Waals surface area contributed by atoms with Crippen LogP contribution in [0.15, 0.2) is 18.3 Å². The Morgan fingerprint density at radius 1 is 1.47 bits per heavy atom. The second kappa shape index (κ2) is 4.14. The first-order valence-corrected chi connectivity index (χ1v) is 5.69. The molecule has 1 aliphatic rings. The van der Waals surface area contributed by atoms with Crippen molar-refractivity contribution in [2.45, 2.75) is 25.3 Å². The van der Waals surface area contributed by atoms with Crippen molar-refractivity contribution < 1.29 is 0 Å². The summed E-state index contributed by atoms with van der Waals surface area (Å²) >= 11 is 0. The highest BCUT2D eigenvalue weighted by molar-refractivity contribution is 5.48. The van der Waals surface area contributed by atoms with Crippen LogP contribution in [0.5, 0.6) is 0 Å². The number of hydrogen-bond acceptors (Lipinski definition) is 5. The van der Waals surface area contributed by atoms with Gasteiger partial charge >= 0.3 is 0 Å². The maximum absolute atomic E-state index is 5.52. The highest BCUT2D eigenvalue weighted by atomic mass is 15.2. The van der Waals surface area contributed by atoms with Gasteiger partial charge in [0.05, 0.1) is 5.69 Å². The molecule has 0 aliphatic heterocycles. The van der Waals surface area contributed by atoms with Crippen molar-refractivity contribution in [1.82, 2.24) is 20.2 Å². The number of rotatable bonds is 4. The quantitative estimate of drug-likeness (QED) is 0.735. The van der Waals surface area contributed by atoms with Crippen LogP contribution in [0.3, 0.4) is 0 Å². The van der Waals surface area contributed by atoms with Crippen molar-refractivity contribution in [3.63, 3.8) is 0 Å². The predicted molar refractivity (Wildman–Crippen MR) is 63.8 cm³/mol. The molecule has 0 aromatic carbocycles. The van der Waals surface area contributed by atoms with E-state index >= 15 is 0 Å². The summed E-state index contributed by atoms with van der Waals surface area (Å²) < 4.78 is 0. The van der Waals surface area contributed by atoms with Crippen molar-refractivity contribution in [2.75, 3.05) is 5.32 Å². The van der Waals surface area contributed by atoms with E-state index in [4.69, 9.17) is 5.73 Å². The molecular formula is C11H14N6. The summed E-state index contributed by atoms with van der Waals surface area (Å²) in [6.45, 7) is 0.408. The van der Waals surface area contributed by atoms with E-state index in [1.807, 2.05) is 6.07 Å². The molecule has 2 aromatic heterocycles. The Kier molecular flexibility index (Phi) is 2.49. The summed E-state index contributed by atoms with van der Waals surface area (Å²) in [4.78, 5) is 8.38. The number of aromatic nitrogens is 4. The van der Waals surface area contributed by atoms with Gasteiger partial charge in [-0.1, -0.05) is 0 Å². The van der Waals surface area contributed by atoms with Crippen molar-refractivity contribution in [3.05, 3.63) is 29.7 Å². The van der Waals surface area contributed by atoms with Crippen LogP contribution >= 0.6 is 0 Å². The predicted octanol–water partition coefficient (Wildman–Crippen LogP) is 1.28. The Hall–Kier alpha value is -1.95. The number of nitrogens with one attached hydrogen (secondary N) is 2. The SMILES string of the molecule is NCc1ccnc(Nc2cc(C3CC3)[nH]n2)n1. The Morgan fingerprint density at radius 3 is 3.12 bits per heavy atom. The number of aromatic amines is 1. The van der Waals surface area contributed by atoms with Crippen molar-refractivity contribution >= 4 is 11.8 Å². The van der Waals surface area contributed by atoms with Gasteiger partial charge in [-0.3, -0.25) is 5.10 Å². The van der Waals surface area contributed by atoms with Gasteiger partial charge in [-0.15, -0.1) is 0 Å². The third-order valence-electron chi connectivity index (χ3n) is 2.78. The third kappa shape index (κ3) is 2.26. The fourth-order valence-corrected chi connectivity index (χ4v) is 1.69. The van der Waals surface area contributed by atoms with E-state index in [2.05, 4.69) is 25.5 Å². The second-order valence-electron chi connectivity index (χ2n) is 4.18. The van der Waals surface area contributed by atoms with Gasteiger partial charge in [0, 0.05) is 30.4 Å². The van der Waals surface area contributed by atoms with Crippen LogP contribution in [0.2, 0.25) is 0 Å². The molecular weight excluding hydrogens is 216 g/mol. The van der Waals surface area contributed by atoms with E-state index < -0.39 is 0 Å². The van der Waals surface area contributed by atoms with Crippen LogP contribution in [-0.4, -0.2) is 20.2 Å². The molecule has 0 atom stereocenters. The van der Waals surface area contributed by atoms with Crippen molar-refractivity contribution in [1.29, 1.82) is 0 Å². The fourth-order valence-electron chi connectivity index (χ4n) is 1.69. The summed E-state index contributed by atoms with van der Waals surface area (Å²) in [5, 5.41) is 10.3. The topological polar surface area (TPSA) is 92.5 Å².